The molecule has 1 aromatic rings. The van der Waals surface area contributed by atoms with Crippen molar-refractivity contribution in [1.82, 2.24) is 0 Å². The Balaban J connectivity index is 2.95. The third-order valence-corrected chi connectivity index (χ3v) is 2.81. The van der Waals surface area contributed by atoms with Crippen LogP contribution >= 0.6 is 27.3 Å². The topological polar surface area (TPSA) is 32.6 Å². The second-order valence-corrected chi connectivity index (χ2v) is 4.25. The van der Waals surface area contributed by atoms with Gasteiger partial charge in [-0.1, -0.05) is 5.16 Å². The molecule has 0 aromatic carbocycles. The summed E-state index contributed by atoms with van der Waals surface area (Å²) in [6, 6.07) is 3.83. The summed E-state index contributed by atoms with van der Waals surface area (Å²) in [7, 11) is 0. The Labute approximate surface area is 71.3 Å². The zero-order chi connectivity index (χ0) is 7.56. The highest BCUT2D eigenvalue weighted by Crippen LogP contribution is 2.22. The second kappa shape index (κ2) is 3.16. The molecule has 0 aliphatic heterocycles. The van der Waals surface area contributed by atoms with Crippen molar-refractivity contribution in [3.05, 3.63) is 20.8 Å². The van der Waals surface area contributed by atoms with Crippen molar-refractivity contribution in [3.63, 3.8) is 0 Å². The van der Waals surface area contributed by atoms with Crippen LogP contribution in [-0.2, 0) is 0 Å². The van der Waals surface area contributed by atoms with Crippen molar-refractivity contribution >= 4 is 33.0 Å². The zero-order valence-electron chi connectivity index (χ0n) is 5.34. The van der Waals surface area contributed by atoms with Crippen LogP contribution in [0.1, 0.15) is 11.8 Å². The molecule has 0 aliphatic rings. The highest BCUT2D eigenvalue weighted by molar-refractivity contribution is 9.11. The largest absolute Gasteiger partial charge is 0.411 e. The number of hydrogen-bond acceptors (Lipinski definition) is 3. The molecule has 0 aliphatic carbocycles. The normalized spacial score (nSPS) is 12.0. The Bertz CT molecular complexity index is 256. The molecule has 0 amide bonds. The fraction of sp³-hybridized carbons (Fsp3) is 0.167. The van der Waals surface area contributed by atoms with E-state index in [-0.39, 0.29) is 0 Å². The van der Waals surface area contributed by atoms with Crippen LogP contribution in [0.3, 0.4) is 0 Å². The third-order valence-electron chi connectivity index (χ3n) is 1.08. The van der Waals surface area contributed by atoms with Crippen LogP contribution in [0.15, 0.2) is 21.1 Å². The highest BCUT2D eigenvalue weighted by atomic mass is 79.9. The van der Waals surface area contributed by atoms with Crippen LogP contribution in [0.25, 0.3) is 0 Å². The van der Waals surface area contributed by atoms with Crippen molar-refractivity contribution in [2.24, 2.45) is 5.16 Å². The van der Waals surface area contributed by atoms with Crippen LogP contribution in [0.5, 0.6) is 0 Å². The fourth-order valence-corrected chi connectivity index (χ4v) is 1.88. The SMILES string of the molecule is CC(=NO)c1ccc(Br)s1. The molecule has 1 rings (SSSR count). The van der Waals surface area contributed by atoms with Gasteiger partial charge in [-0.05, 0) is 35.0 Å². The first-order chi connectivity index (χ1) is 4.74. The fourth-order valence-electron chi connectivity index (χ4n) is 0.558. The highest BCUT2D eigenvalue weighted by Gasteiger charge is 1.99. The number of halogens is 1. The molecule has 1 N–H and O–H groups in total. The van der Waals surface area contributed by atoms with E-state index >= 15 is 0 Å². The molecule has 0 radical (unpaired) electrons. The van der Waals surface area contributed by atoms with E-state index in [1.54, 1.807) is 18.3 Å². The Hall–Kier alpha value is -0.350. The zero-order valence-corrected chi connectivity index (χ0v) is 7.74. The van der Waals surface area contributed by atoms with Gasteiger partial charge in [-0.3, -0.25) is 0 Å². The standard InChI is InChI=1S/C6H6BrNOS/c1-4(8-9)5-2-3-6(7)10-5/h2-3,9H,1H3. The van der Waals surface area contributed by atoms with Crippen molar-refractivity contribution in [3.8, 4) is 0 Å². The van der Waals surface area contributed by atoms with Gasteiger partial charge in [-0.2, -0.15) is 0 Å². The molecular formula is C6H6BrNOS. The predicted octanol–water partition coefficient (Wildman–Crippen LogP) is 2.71. The maximum absolute atomic E-state index is 8.38. The summed E-state index contributed by atoms with van der Waals surface area (Å²) in [5, 5.41) is 11.5. The van der Waals surface area contributed by atoms with Gasteiger partial charge in [0.15, 0.2) is 0 Å². The minimum Gasteiger partial charge on any atom is -0.411 e. The number of oxime groups is 1. The number of nitrogens with zero attached hydrogens (tertiary/aromatic N) is 1. The average molecular weight is 220 g/mol. The van der Waals surface area contributed by atoms with E-state index in [2.05, 4.69) is 21.1 Å². The summed E-state index contributed by atoms with van der Waals surface area (Å²) in [6.07, 6.45) is 0. The third kappa shape index (κ3) is 1.58. The van der Waals surface area contributed by atoms with Crippen LogP contribution < -0.4 is 0 Å². The first kappa shape index (κ1) is 7.75. The first-order valence-electron chi connectivity index (χ1n) is 2.68. The summed E-state index contributed by atoms with van der Waals surface area (Å²) < 4.78 is 1.05. The van der Waals surface area contributed by atoms with Crippen LogP contribution in [-0.4, -0.2) is 10.9 Å². The summed E-state index contributed by atoms with van der Waals surface area (Å²) in [4.78, 5) is 0.981. The van der Waals surface area contributed by atoms with E-state index in [1.807, 2.05) is 12.1 Å². The maximum Gasteiger partial charge on any atom is 0.0936 e. The van der Waals surface area contributed by atoms with E-state index in [1.165, 1.54) is 0 Å². The molecule has 2 nitrogen and oxygen atoms in total. The molecule has 4 heteroatoms. The number of rotatable bonds is 1. The van der Waals surface area contributed by atoms with E-state index in [0.29, 0.717) is 5.71 Å². The number of hydrogen-bond donors (Lipinski definition) is 1. The lowest BCUT2D eigenvalue weighted by atomic mass is 10.3. The average Bonchev–Trinajstić information content (AvgIpc) is 2.34. The van der Waals surface area contributed by atoms with Gasteiger partial charge >= 0.3 is 0 Å². The Morgan fingerprint density at radius 3 is 2.80 bits per heavy atom. The molecular weight excluding hydrogens is 214 g/mol. The maximum atomic E-state index is 8.38. The van der Waals surface area contributed by atoms with Gasteiger partial charge in [0.1, 0.15) is 0 Å². The lowest BCUT2D eigenvalue weighted by Gasteiger charge is -1.87. The summed E-state index contributed by atoms with van der Waals surface area (Å²) in [5.41, 5.74) is 0.649. The predicted molar refractivity (Wildman–Crippen MR) is 46.0 cm³/mol. The van der Waals surface area contributed by atoms with Crippen LogP contribution in [0, 0.1) is 0 Å². The molecule has 0 spiro atoms. The molecule has 0 fully saturated rings. The quantitative estimate of drug-likeness (QED) is 0.440. The van der Waals surface area contributed by atoms with Gasteiger partial charge in [-0.25, -0.2) is 0 Å². The molecule has 0 bridgehead atoms. The first-order valence-corrected chi connectivity index (χ1v) is 4.29. The van der Waals surface area contributed by atoms with Crippen LogP contribution in [0.4, 0.5) is 0 Å². The van der Waals surface area contributed by atoms with Crippen molar-refractivity contribution in [2.45, 2.75) is 6.92 Å². The van der Waals surface area contributed by atoms with Gasteiger partial charge < -0.3 is 5.21 Å². The van der Waals surface area contributed by atoms with E-state index < -0.39 is 0 Å². The van der Waals surface area contributed by atoms with Gasteiger partial charge in [0.25, 0.3) is 0 Å². The summed E-state index contributed by atoms with van der Waals surface area (Å²) >= 11 is 4.86. The molecule has 0 atom stereocenters. The van der Waals surface area contributed by atoms with Gasteiger partial charge in [0.05, 0.1) is 14.4 Å². The summed E-state index contributed by atoms with van der Waals surface area (Å²) in [6.45, 7) is 1.76. The Morgan fingerprint density at radius 1 is 1.70 bits per heavy atom. The minimum atomic E-state index is 0.649. The van der Waals surface area contributed by atoms with Crippen molar-refractivity contribution in [1.29, 1.82) is 0 Å². The van der Waals surface area contributed by atoms with Gasteiger partial charge in [0, 0.05) is 0 Å². The van der Waals surface area contributed by atoms with Gasteiger partial charge in [-0.15, -0.1) is 11.3 Å². The minimum absolute atomic E-state index is 0.649. The van der Waals surface area contributed by atoms with Crippen LogP contribution in [0.2, 0.25) is 0 Å². The lowest BCUT2D eigenvalue weighted by molar-refractivity contribution is 0.319. The summed E-state index contributed by atoms with van der Waals surface area (Å²) in [5.74, 6) is 0. The molecule has 1 aromatic heterocycles. The van der Waals surface area contributed by atoms with E-state index in [9.17, 15) is 0 Å². The number of thiophene rings is 1. The van der Waals surface area contributed by atoms with Gasteiger partial charge in [0.2, 0.25) is 0 Å². The molecule has 1 heterocycles. The van der Waals surface area contributed by atoms with Crippen molar-refractivity contribution < 1.29 is 5.21 Å². The molecule has 54 valence electrons. The van der Waals surface area contributed by atoms with Crippen molar-refractivity contribution in [2.75, 3.05) is 0 Å². The monoisotopic (exact) mass is 219 g/mol. The molecule has 0 saturated carbocycles. The van der Waals surface area contributed by atoms with E-state index in [4.69, 9.17) is 5.21 Å². The molecule has 0 saturated heterocycles. The smallest absolute Gasteiger partial charge is 0.0936 e. The van der Waals surface area contributed by atoms with E-state index in [0.717, 1.165) is 8.66 Å². The molecule has 10 heavy (non-hydrogen) atoms. The second-order valence-electron chi connectivity index (χ2n) is 1.79. The Morgan fingerprint density at radius 2 is 2.40 bits per heavy atom. The Kier molecular flexibility index (Phi) is 2.45. The molecule has 0 unspecified atom stereocenters. The lowest BCUT2D eigenvalue weighted by Crippen LogP contribution is -1.87.